The molecule has 3 aliphatic rings. The van der Waals surface area contributed by atoms with Gasteiger partial charge in [0, 0.05) is 119 Å². The molecule has 0 fully saturated rings. The molecule has 0 aliphatic heterocycles. The van der Waals surface area contributed by atoms with Crippen LogP contribution in [0.2, 0.25) is 0 Å². The van der Waals surface area contributed by atoms with Crippen molar-refractivity contribution in [3.05, 3.63) is 250 Å². The van der Waals surface area contributed by atoms with E-state index < -0.39 is 0 Å². The predicted octanol–water partition coefficient (Wildman–Crippen LogP) is 41.1. The van der Waals surface area contributed by atoms with Crippen molar-refractivity contribution in [1.29, 1.82) is 0 Å². The van der Waals surface area contributed by atoms with E-state index in [0.717, 1.165) is 0 Å². The number of unbranched alkanes of at least 4 members (excludes halogenated alkanes) is 18. The molecule has 19 rings (SSSR count). The predicted molar refractivity (Wildman–Crippen MR) is 557 cm³/mol. The largest absolute Gasteiger partial charge is 0.143 e. The van der Waals surface area contributed by atoms with Crippen LogP contribution in [-0.4, -0.2) is 0 Å². The summed E-state index contributed by atoms with van der Waals surface area (Å²) in [5, 5.41) is 6.60. The summed E-state index contributed by atoms with van der Waals surface area (Å²) in [6.07, 6.45) is 37.0. The van der Waals surface area contributed by atoms with Crippen LogP contribution in [0.4, 0.5) is 0 Å². The average molecular weight is 1830 g/mol. The molecule has 0 bridgehead atoms. The molecular weight excluding hydrogens is 1720 g/mol. The van der Waals surface area contributed by atoms with Crippen molar-refractivity contribution in [3.8, 4) is 152 Å². The second-order valence-corrected chi connectivity index (χ2v) is 47.6. The molecule has 16 aromatic rings. The first kappa shape index (κ1) is 85.7. The van der Waals surface area contributed by atoms with Gasteiger partial charge in [-0.15, -0.1) is 136 Å². The minimum absolute atomic E-state index is 0.211. The van der Waals surface area contributed by atoms with Crippen molar-refractivity contribution in [2.75, 3.05) is 0 Å². The Morgan fingerprint density at radius 2 is 0.374 bits per heavy atom. The molecule has 0 spiro atoms. The smallest absolute Gasteiger partial charge is 0.0449 e. The standard InChI is InChI=1S/C111H114S12/c1-7-13-19-25-61-109(62-26-20-14-8-2)79-40-37-73(82-43-46-91(115-82)94-55-58-100(121-94)97-52-49-88(118-97)85-34-31-67-112-85)70-76(79)103-106(109)104-77-71-74(83-44-47-92(116-83)95-56-59-101(122-95)98-53-50-89(119-98)86-35-32-68-113-86)38-41-80(77)110(63-27-21-15-9-3,64-28-22-16-10-4)108(104)105-78-72-75(39-42-81(78)111(107(103)105,65-29-23-17-11-5)66-30-24-18-12-6)84-45-48-93(117-84)96-57-60-102(123-96)99-54-51-90(120-99)87-36-33-69-114-87/h31-60,67-72H,7-30,61-66H2,1-6H3. The number of fused-ring (bicyclic) bond motifs is 12. The fourth-order valence-electron chi connectivity index (χ4n) is 21.2. The lowest BCUT2D eigenvalue weighted by Crippen LogP contribution is -2.31. The molecule has 0 unspecified atom stereocenters. The number of thiophene rings is 12. The third-order valence-corrected chi connectivity index (χ3v) is 41.4. The van der Waals surface area contributed by atoms with Gasteiger partial charge in [-0.1, -0.05) is 250 Å². The van der Waals surface area contributed by atoms with Crippen molar-refractivity contribution in [2.24, 2.45) is 0 Å². The normalized spacial score (nSPS) is 13.8. The molecule has 3 aliphatic carbocycles. The molecule has 12 heterocycles. The van der Waals surface area contributed by atoms with Crippen LogP contribution in [0.25, 0.3) is 152 Å². The number of hydrogen-bond donors (Lipinski definition) is 0. The van der Waals surface area contributed by atoms with Crippen molar-refractivity contribution in [1.82, 2.24) is 0 Å². The van der Waals surface area contributed by atoms with Gasteiger partial charge in [-0.3, -0.25) is 0 Å². The van der Waals surface area contributed by atoms with E-state index in [-0.39, 0.29) is 16.2 Å². The summed E-state index contributed by atoms with van der Waals surface area (Å²) in [4.78, 5) is 28.6. The summed E-state index contributed by atoms with van der Waals surface area (Å²) in [5.41, 5.74) is 23.4. The molecule has 630 valence electrons. The quantitative estimate of drug-likeness (QED) is 0.0335. The fraction of sp³-hybridized carbons (Fsp3) is 0.351. The lowest BCUT2D eigenvalue weighted by Gasteiger charge is -2.39. The Kier molecular flexibility index (Phi) is 27.0. The van der Waals surface area contributed by atoms with Gasteiger partial charge in [0.05, 0.1) is 0 Å². The van der Waals surface area contributed by atoms with E-state index in [1.54, 1.807) is 66.8 Å². The molecule has 12 aromatic heterocycles. The molecule has 0 radical (unpaired) electrons. The SMILES string of the molecule is CCCCCCC1(CCCCCC)c2ccc(-c3ccc(-c4ccc(-c5ccc(-c6cccs6)s5)s4)s3)cc2-c2c1c1c(c3c2C(CCCCCC)(CCCCCC)c2ccc(-c4ccc(-c5ccc(-c6ccc(-c7cccs7)s6)s5)s4)cc2-3)C(CCCCCC)(CCCCCC)c2ccc(-c3ccc(-c4ccc(-c5ccc(-c6cccs6)s5)s4)s3)cc2-1. The monoisotopic (exact) mass is 1830 g/mol. The third kappa shape index (κ3) is 16.9. The maximum absolute atomic E-state index is 2.84. The van der Waals surface area contributed by atoms with Gasteiger partial charge in [-0.05, 0) is 284 Å². The van der Waals surface area contributed by atoms with E-state index in [9.17, 15) is 0 Å². The van der Waals surface area contributed by atoms with E-state index in [4.69, 9.17) is 0 Å². The van der Waals surface area contributed by atoms with Crippen molar-refractivity contribution in [3.63, 3.8) is 0 Å². The van der Waals surface area contributed by atoms with Gasteiger partial charge < -0.3 is 0 Å². The maximum Gasteiger partial charge on any atom is 0.0449 e. The Labute approximate surface area is 780 Å². The molecule has 0 atom stereocenters. The van der Waals surface area contributed by atoms with Crippen LogP contribution in [0, 0.1) is 0 Å². The van der Waals surface area contributed by atoms with E-state index >= 15 is 0 Å². The van der Waals surface area contributed by atoms with Crippen molar-refractivity contribution in [2.45, 2.75) is 250 Å². The summed E-state index contributed by atoms with van der Waals surface area (Å²) in [5.74, 6) is 0. The first-order valence-electron chi connectivity index (χ1n) is 46.4. The molecule has 0 saturated carbocycles. The van der Waals surface area contributed by atoms with Gasteiger partial charge in [-0.2, -0.15) is 0 Å². The average Bonchev–Trinajstić information content (AvgIpc) is 1.48. The van der Waals surface area contributed by atoms with E-state index in [1.807, 2.05) is 136 Å². The van der Waals surface area contributed by atoms with E-state index in [1.165, 1.54) is 312 Å². The van der Waals surface area contributed by atoms with Crippen molar-refractivity contribution >= 4 is 136 Å². The van der Waals surface area contributed by atoms with Crippen LogP contribution in [0.15, 0.2) is 216 Å². The van der Waals surface area contributed by atoms with Gasteiger partial charge in [-0.25, -0.2) is 0 Å². The highest BCUT2D eigenvalue weighted by Gasteiger charge is 2.58. The minimum atomic E-state index is -0.211. The Morgan fingerprint density at radius 3 is 0.561 bits per heavy atom. The third-order valence-electron chi connectivity index (χ3n) is 27.1. The van der Waals surface area contributed by atoms with Gasteiger partial charge >= 0.3 is 0 Å². The van der Waals surface area contributed by atoms with Gasteiger partial charge in [0.15, 0.2) is 0 Å². The molecule has 12 heteroatoms. The molecular formula is C111H114S12. The first-order valence-corrected chi connectivity index (χ1v) is 56.4. The van der Waals surface area contributed by atoms with E-state index in [0.29, 0.717) is 0 Å². The molecule has 123 heavy (non-hydrogen) atoms. The highest BCUT2D eigenvalue weighted by Crippen LogP contribution is 2.73. The van der Waals surface area contributed by atoms with Crippen LogP contribution in [0.1, 0.15) is 268 Å². The molecule has 0 saturated heterocycles. The van der Waals surface area contributed by atoms with Crippen LogP contribution < -0.4 is 0 Å². The van der Waals surface area contributed by atoms with Gasteiger partial charge in [0.1, 0.15) is 0 Å². The van der Waals surface area contributed by atoms with Crippen LogP contribution in [0.5, 0.6) is 0 Å². The summed E-state index contributed by atoms with van der Waals surface area (Å²) >= 11 is 23.2. The van der Waals surface area contributed by atoms with Gasteiger partial charge in [0.25, 0.3) is 0 Å². The zero-order valence-corrected chi connectivity index (χ0v) is 82.2. The fourth-order valence-corrected chi connectivity index (χ4v) is 33.3. The first-order chi connectivity index (χ1) is 60.6. The molecule has 0 nitrogen and oxygen atoms in total. The molecule has 0 N–H and O–H groups in total. The second kappa shape index (κ2) is 38.7. The highest BCUT2D eigenvalue weighted by molar-refractivity contribution is 7.31. The molecule has 0 amide bonds. The lowest BCUT2D eigenvalue weighted by atomic mass is 9.63. The number of rotatable bonds is 42. The highest BCUT2D eigenvalue weighted by atomic mass is 32.1. The summed E-state index contributed by atoms with van der Waals surface area (Å²) in [7, 11) is 0. The summed E-state index contributed by atoms with van der Waals surface area (Å²) in [6, 6.07) is 81.4. The van der Waals surface area contributed by atoms with Crippen LogP contribution >= 0.6 is 136 Å². The molecule has 4 aromatic carbocycles. The zero-order chi connectivity index (χ0) is 83.4. The minimum Gasteiger partial charge on any atom is -0.143 e. The lowest BCUT2D eigenvalue weighted by molar-refractivity contribution is 0.389. The zero-order valence-electron chi connectivity index (χ0n) is 72.4. The second-order valence-electron chi connectivity index (χ2n) is 35.0. The Bertz CT molecular complexity index is 5560. The summed E-state index contributed by atoms with van der Waals surface area (Å²) in [6.45, 7) is 14.6. The topological polar surface area (TPSA) is 0 Å². The van der Waals surface area contributed by atoms with E-state index in [2.05, 4.69) is 258 Å². The summed E-state index contributed by atoms with van der Waals surface area (Å²) < 4.78 is 0. The number of hydrogen-bond acceptors (Lipinski definition) is 12. The van der Waals surface area contributed by atoms with Gasteiger partial charge in [0.2, 0.25) is 0 Å². The Morgan fingerprint density at radius 1 is 0.187 bits per heavy atom. The number of benzene rings is 4. The van der Waals surface area contributed by atoms with Crippen molar-refractivity contribution < 1.29 is 0 Å². The maximum atomic E-state index is 2.84. The van der Waals surface area contributed by atoms with Crippen LogP contribution in [0.3, 0.4) is 0 Å². The van der Waals surface area contributed by atoms with Crippen LogP contribution in [-0.2, 0) is 16.2 Å². The Hall–Kier alpha value is -6.72. The Balaban J connectivity index is 0.861.